The van der Waals surface area contributed by atoms with Gasteiger partial charge in [-0.25, -0.2) is 8.42 Å². The molecule has 2 rings (SSSR count). The lowest BCUT2D eigenvalue weighted by molar-refractivity contribution is 0.411. The first-order valence-corrected chi connectivity index (χ1v) is 8.82. The van der Waals surface area contributed by atoms with Gasteiger partial charge in [0.05, 0.1) is 23.1 Å². The Kier molecular flexibility index (Phi) is 4.53. The molecule has 0 radical (unpaired) electrons. The minimum absolute atomic E-state index is 0.0564. The molecule has 6 heteroatoms. The van der Waals surface area contributed by atoms with Crippen molar-refractivity contribution >= 4 is 25.8 Å². The van der Waals surface area contributed by atoms with Gasteiger partial charge in [0.15, 0.2) is 9.84 Å². The van der Waals surface area contributed by atoms with Crippen molar-refractivity contribution in [2.45, 2.75) is 25.4 Å². The Morgan fingerprint density at radius 1 is 1.47 bits per heavy atom. The van der Waals surface area contributed by atoms with Gasteiger partial charge in [-0.2, -0.15) is 0 Å². The van der Waals surface area contributed by atoms with Gasteiger partial charge in [-0.15, -0.1) is 0 Å². The van der Waals surface area contributed by atoms with Crippen molar-refractivity contribution in [2.24, 2.45) is 0 Å². The van der Waals surface area contributed by atoms with Crippen LogP contribution < -0.4 is 10.1 Å². The summed E-state index contributed by atoms with van der Waals surface area (Å²) in [7, 11) is -1.20. The van der Waals surface area contributed by atoms with Crippen molar-refractivity contribution in [3.8, 4) is 5.75 Å². The van der Waals surface area contributed by atoms with E-state index in [4.69, 9.17) is 4.74 Å². The maximum absolute atomic E-state index is 11.4. The minimum Gasteiger partial charge on any atom is -0.496 e. The fraction of sp³-hybridized carbons (Fsp3) is 0.538. The molecule has 1 fully saturated rings. The maximum atomic E-state index is 11.4. The van der Waals surface area contributed by atoms with Gasteiger partial charge in [-0.05, 0) is 47.0 Å². The van der Waals surface area contributed by atoms with Gasteiger partial charge in [0, 0.05) is 12.1 Å². The number of methoxy groups -OCH3 is 1. The summed E-state index contributed by atoms with van der Waals surface area (Å²) in [5.74, 6) is 1.33. The maximum Gasteiger partial charge on any atom is 0.151 e. The van der Waals surface area contributed by atoms with E-state index < -0.39 is 9.84 Å². The first kappa shape index (κ1) is 14.8. The van der Waals surface area contributed by atoms with Gasteiger partial charge in [-0.1, -0.05) is 6.07 Å². The van der Waals surface area contributed by atoms with E-state index in [2.05, 4.69) is 21.2 Å². The first-order valence-electron chi connectivity index (χ1n) is 6.21. The Labute approximate surface area is 122 Å². The van der Waals surface area contributed by atoms with Gasteiger partial charge in [-0.3, -0.25) is 0 Å². The monoisotopic (exact) mass is 347 g/mol. The highest BCUT2D eigenvalue weighted by Gasteiger charge is 2.28. The lowest BCUT2D eigenvalue weighted by Crippen LogP contribution is -2.32. The molecule has 1 N–H and O–H groups in total. The highest BCUT2D eigenvalue weighted by atomic mass is 79.9. The Balaban J connectivity index is 2.04. The summed E-state index contributed by atoms with van der Waals surface area (Å²) < 4.78 is 29.0. The third-order valence-electron chi connectivity index (χ3n) is 3.39. The van der Waals surface area contributed by atoms with Crippen molar-refractivity contribution in [1.29, 1.82) is 0 Å². The average Bonchev–Trinajstić information content (AvgIpc) is 2.68. The average molecular weight is 348 g/mol. The second-order valence-corrected chi connectivity index (χ2v) is 7.97. The molecule has 2 atom stereocenters. The molecule has 0 aromatic heterocycles. The molecule has 19 heavy (non-hydrogen) atoms. The molecule has 1 aliphatic rings. The number of sulfone groups is 1. The molecule has 0 aliphatic carbocycles. The lowest BCUT2D eigenvalue weighted by Gasteiger charge is -2.19. The van der Waals surface area contributed by atoms with Crippen molar-refractivity contribution in [1.82, 2.24) is 5.32 Å². The summed E-state index contributed by atoms with van der Waals surface area (Å²) in [5.41, 5.74) is 1.11. The van der Waals surface area contributed by atoms with Crippen LogP contribution in [0.1, 0.15) is 24.9 Å². The number of ether oxygens (including phenoxy) is 1. The predicted molar refractivity (Wildman–Crippen MR) is 79.3 cm³/mol. The van der Waals surface area contributed by atoms with E-state index in [1.807, 2.05) is 25.1 Å². The molecule has 1 aromatic carbocycles. The molecule has 1 aliphatic heterocycles. The molecule has 1 saturated heterocycles. The number of hydrogen-bond donors (Lipinski definition) is 1. The molecule has 1 heterocycles. The van der Waals surface area contributed by atoms with Crippen LogP contribution in [0.15, 0.2) is 22.7 Å². The fourth-order valence-electron chi connectivity index (χ4n) is 2.33. The summed E-state index contributed by atoms with van der Waals surface area (Å²) in [4.78, 5) is 0. The van der Waals surface area contributed by atoms with E-state index in [1.165, 1.54) is 0 Å². The van der Waals surface area contributed by atoms with Gasteiger partial charge in [0.25, 0.3) is 0 Å². The van der Waals surface area contributed by atoms with Gasteiger partial charge in [0.1, 0.15) is 5.75 Å². The van der Waals surface area contributed by atoms with Crippen LogP contribution in [0.5, 0.6) is 5.75 Å². The Morgan fingerprint density at radius 3 is 2.74 bits per heavy atom. The molecule has 106 valence electrons. The summed E-state index contributed by atoms with van der Waals surface area (Å²) in [6, 6.07) is 6.06. The summed E-state index contributed by atoms with van der Waals surface area (Å²) in [5, 5.41) is 3.37. The summed E-state index contributed by atoms with van der Waals surface area (Å²) in [6.45, 7) is 2.04. The topological polar surface area (TPSA) is 55.4 Å². The molecule has 0 amide bonds. The Hall–Kier alpha value is -0.590. The van der Waals surface area contributed by atoms with Gasteiger partial charge >= 0.3 is 0 Å². The smallest absolute Gasteiger partial charge is 0.151 e. The second kappa shape index (κ2) is 5.81. The van der Waals surface area contributed by atoms with Crippen LogP contribution in [0.4, 0.5) is 0 Å². The quantitative estimate of drug-likeness (QED) is 0.907. The molecule has 0 spiro atoms. The second-order valence-electron chi connectivity index (χ2n) is 4.88. The van der Waals surface area contributed by atoms with E-state index >= 15 is 0 Å². The van der Waals surface area contributed by atoms with Crippen LogP contribution in [0.25, 0.3) is 0 Å². The number of benzene rings is 1. The van der Waals surface area contributed by atoms with E-state index in [1.54, 1.807) is 7.11 Å². The largest absolute Gasteiger partial charge is 0.496 e. The highest BCUT2D eigenvalue weighted by molar-refractivity contribution is 9.10. The van der Waals surface area contributed by atoms with Crippen LogP contribution in [0.2, 0.25) is 0 Å². The third-order valence-corrected chi connectivity index (χ3v) is 5.78. The predicted octanol–water partition coefficient (Wildman–Crippen LogP) is 2.30. The van der Waals surface area contributed by atoms with Gasteiger partial charge < -0.3 is 10.1 Å². The first-order chi connectivity index (χ1) is 8.91. The number of halogens is 1. The van der Waals surface area contributed by atoms with Crippen LogP contribution in [0.3, 0.4) is 0 Å². The normalized spacial score (nSPS) is 23.2. The number of nitrogens with one attached hydrogen (secondary N) is 1. The molecule has 4 nitrogen and oxygen atoms in total. The Morgan fingerprint density at radius 2 is 2.21 bits per heavy atom. The molecular weight excluding hydrogens is 330 g/mol. The van der Waals surface area contributed by atoms with Crippen LogP contribution in [0, 0.1) is 0 Å². The SMILES string of the molecule is COc1ccc(C(C)NC2CCS(=O)(=O)C2)cc1Br. The summed E-state index contributed by atoms with van der Waals surface area (Å²) in [6.07, 6.45) is 0.698. The van der Waals surface area contributed by atoms with Crippen molar-refractivity contribution < 1.29 is 13.2 Å². The van der Waals surface area contributed by atoms with Gasteiger partial charge in [0.2, 0.25) is 0 Å². The fourth-order valence-corrected chi connectivity index (χ4v) is 4.57. The minimum atomic E-state index is -2.83. The third kappa shape index (κ3) is 3.70. The van der Waals surface area contributed by atoms with Crippen LogP contribution in [-0.2, 0) is 9.84 Å². The lowest BCUT2D eigenvalue weighted by atomic mass is 10.1. The number of hydrogen-bond acceptors (Lipinski definition) is 4. The zero-order valence-electron chi connectivity index (χ0n) is 11.0. The molecule has 2 unspecified atom stereocenters. The highest BCUT2D eigenvalue weighted by Crippen LogP contribution is 2.28. The molecule has 1 aromatic rings. The van der Waals surface area contributed by atoms with Crippen molar-refractivity contribution in [3.63, 3.8) is 0 Å². The van der Waals surface area contributed by atoms with Crippen molar-refractivity contribution in [3.05, 3.63) is 28.2 Å². The van der Waals surface area contributed by atoms with Crippen molar-refractivity contribution in [2.75, 3.05) is 18.6 Å². The van der Waals surface area contributed by atoms with Crippen LogP contribution >= 0.6 is 15.9 Å². The van der Waals surface area contributed by atoms with Crippen LogP contribution in [-0.4, -0.2) is 33.1 Å². The summed E-state index contributed by atoms with van der Waals surface area (Å²) >= 11 is 3.46. The van der Waals surface area contributed by atoms with E-state index in [9.17, 15) is 8.42 Å². The molecule has 0 bridgehead atoms. The molecule has 0 saturated carbocycles. The zero-order valence-corrected chi connectivity index (χ0v) is 13.4. The van der Waals surface area contributed by atoms with E-state index in [0.717, 1.165) is 15.8 Å². The van der Waals surface area contributed by atoms with E-state index in [0.29, 0.717) is 12.2 Å². The standard InChI is InChI=1S/C13H18BrNO3S/c1-9(15-11-5-6-19(16,17)8-11)10-3-4-13(18-2)12(14)7-10/h3-4,7,9,11,15H,5-6,8H2,1-2H3. The zero-order chi connectivity index (χ0) is 14.0. The Bertz CT molecular complexity index is 559. The van der Waals surface area contributed by atoms with E-state index in [-0.39, 0.29) is 17.8 Å². The number of rotatable bonds is 4. The molecular formula is C13H18BrNO3S.